The molecule has 22 heavy (non-hydrogen) atoms. The Bertz CT molecular complexity index is 782. The molecule has 0 radical (unpaired) electrons. The molecule has 5 nitrogen and oxygen atoms in total. The molecule has 0 aromatic heterocycles. The maximum Gasteiger partial charge on any atom is 0.276 e. The van der Waals surface area contributed by atoms with E-state index in [1.807, 2.05) is 13.0 Å². The first-order valence-corrected chi connectivity index (χ1v) is 8.17. The van der Waals surface area contributed by atoms with E-state index in [1.54, 1.807) is 50.4 Å². The molecule has 0 saturated heterocycles. The lowest BCUT2D eigenvalue weighted by atomic mass is 10.2. The van der Waals surface area contributed by atoms with Gasteiger partial charge in [-0.25, -0.2) is 4.83 Å². The molecule has 0 fully saturated rings. The number of hydrogen-bond acceptors (Lipinski definition) is 4. The molecule has 0 aliphatic carbocycles. The molecule has 6 heteroatoms. The standard InChI is InChI=1S/C16H18N2O3S/c1-12-4-5-13(2)16(10-12)22(19,20)18-17-11-14-6-8-15(21-3)9-7-14/h4-11,18H,1-3H3/b17-11+. The van der Waals surface area contributed by atoms with E-state index in [4.69, 9.17) is 4.74 Å². The zero-order valence-corrected chi connectivity index (χ0v) is 13.5. The van der Waals surface area contributed by atoms with Crippen molar-refractivity contribution in [1.29, 1.82) is 0 Å². The van der Waals surface area contributed by atoms with E-state index in [0.29, 0.717) is 5.56 Å². The van der Waals surface area contributed by atoms with Crippen LogP contribution >= 0.6 is 0 Å². The largest absolute Gasteiger partial charge is 0.497 e. The minimum absolute atomic E-state index is 0.236. The fourth-order valence-corrected chi connectivity index (χ4v) is 3.03. The Hall–Kier alpha value is -2.34. The summed E-state index contributed by atoms with van der Waals surface area (Å²) in [5, 5.41) is 3.81. The molecule has 2 aromatic carbocycles. The van der Waals surface area contributed by atoms with Gasteiger partial charge in [0.15, 0.2) is 0 Å². The number of nitrogens with one attached hydrogen (secondary N) is 1. The molecular weight excluding hydrogens is 300 g/mol. The van der Waals surface area contributed by atoms with Crippen LogP contribution in [0.4, 0.5) is 0 Å². The van der Waals surface area contributed by atoms with Crippen LogP contribution in [-0.2, 0) is 10.0 Å². The third-order valence-corrected chi connectivity index (χ3v) is 4.50. The number of hydrogen-bond donors (Lipinski definition) is 1. The summed E-state index contributed by atoms with van der Waals surface area (Å²) in [6, 6.07) is 12.4. The van der Waals surface area contributed by atoms with E-state index in [-0.39, 0.29) is 4.90 Å². The lowest BCUT2D eigenvalue weighted by molar-refractivity contribution is 0.415. The molecule has 0 bridgehead atoms. The summed E-state index contributed by atoms with van der Waals surface area (Å²) in [7, 11) is -2.08. The van der Waals surface area contributed by atoms with Crippen LogP contribution in [0, 0.1) is 13.8 Å². The van der Waals surface area contributed by atoms with Gasteiger partial charge in [-0.05, 0) is 60.9 Å². The van der Waals surface area contributed by atoms with Crippen LogP contribution in [0.5, 0.6) is 5.75 Å². The number of aryl methyl sites for hydroxylation is 2. The highest BCUT2D eigenvalue weighted by Gasteiger charge is 2.15. The van der Waals surface area contributed by atoms with Crippen LogP contribution < -0.4 is 9.57 Å². The first-order chi connectivity index (χ1) is 10.4. The molecule has 2 rings (SSSR count). The minimum atomic E-state index is -3.67. The number of sulfonamides is 1. The van der Waals surface area contributed by atoms with E-state index in [1.165, 1.54) is 6.21 Å². The maximum atomic E-state index is 12.3. The summed E-state index contributed by atoms with van der Waals surface area (Å²) in [5.74, 6) is 0.730. The molecule has 0 spiro atoms. The normalized spacial score (nSPS) is 11.6. The van der Waals surface area contributed by atoms with Gasteiger partial charge in [0.2, 0.25) is 0 Å². The van der Waals surface area contributed by atoms with Gasteiger partial charge >= 0.3 is 0 Å². The van der Waals surface area contributed by atoms with Crippen molar-refractivity contribution in [2.24, 2.45) is 5.10 Å². The summed E-state index contributed by atoms with van der Waals surface area (Å²) < 4.78 is 29.6. The van der Waals surface area contributed by atoms with Gasteiger partial charge in [0.1, 0.15) is 5.75 Å². The van der Waals surface area contributed by atoms with E-state index >= 15 is 0 Å². The second-order valence-electron chi connectivity index (χ2n) is 4.90. The number of rotatable bonds is 5. The Balaban J connectivity index is 2.15. The van der Waals surface area contributed by atoms with Gasteiger partial charge in [-0.3, -0.25) is 0 Å². The van der Waals surface area contributed by atoms with Crippen molar-refractivity contribution >= 4 is 16.2 Å². The third-order valence-electron chi connectivity index (χ3n) is 3.14. The van der Waals surface area contributed by atoms with Crippen LogP contribution in [0.25, 0.3) is 0 Å². The van der Waals surface area contributed by atoms with Gasteiger partial charge in [-0.15, -0.1) is 0 Å². The van der Waals surface area contributed by atoms with E-state index in [0.717, 1.165) is 16.9 Å². The lowest BCUT2D eigenvalue weighted by Gasteiger charge is -2.07. The first-order valence-electron chi connectivity index (χ1n) is 6.68. The van der Waals surface area contributed by atoms with Gasteiger partial charge in [0.05, 0.1) is 18.2 Å². The Labute approximate surface area is 130 Å². The predicted octanol–water partition coefficient (Wildman–Crippen LogP) is 2.62. The molecule has 1 N–H and O–H groups in total. The molecular formula is C16H18N2O3S. The Morgan fingerprint density at radius 2 is 1.77 bits per heavy atom. The molecule has 0 amide bonds. The number of ether oxygens (including phenoxy) is 1. The third kappa shape index (κ3) is 3.85. The summed E-state index contributed by atoms with van der Waals surface area (Å²) in [4.78, 5) is 2.47. The molecule has 116 valence electrons. The smallest absolute Gasteiger partial charge is 0.276 e. The fraction of sp³-hybridized carbons (Fsp3) is 0.188. The molecule has 0 aliphatic rings. The summed E-state index contributed by atoms with van der Waals surface area (Å²) >= 11 is 0. The highest BCUT2D eigenvalue weighted by atomic mass is 32.2. The van der Waals surface area contributed by atoms with Crippen LogP contribution in [0.2, 0.25) is 0 Å². The quantitative estimate of drug-likeness (QED) is 0.680. The maximum absolute atomic E-state index is 12.3. The number of methoxy groups -OCH3 is 1. The molecule has 0 aliphatic heterocycles. The molecule has 0 saturated carbocycles. The average Bonchev–Trinajstić information content (AvgIpc) is 2.50. The van der Waals surface area contributed by atoms with Crippen molar-refractivity contribution in [2.45, 2.75) is 18.7 Å². The Morgan fingerprint density at radius 1 is 1.09 bits per heavy atom. The second-order valence-corrected chi connectivity index (χ2v) is 6.52. The van der Waals surface area contributed by atoms with Crippen molar-refractivity contribution < 1.29 is 13.2 Å². The van der Waals surface area contributed by atoms with Crippen LogP contribution in [0.15, 0.2) is 52.5 Å². The zero-order valence-electron chi connectivity index (χ0n) is 12.7. The lowest BCUT2D eigenvalue weighted by Crippen LogP contribution is -2.19. The molecule has 2 aromatic rings. The van der Waals surface area contributed by atoms with E-state index < -0.39 is 10.0 Å². The van der Waals surface area contributed by atoms with Gasteiger partial charge in [-0.1, -0.05) is 12.1 Å². The van der Waals surface area contributed by atoms with Gasteiger partial charge in [0.25, 0.3) is 10.0 Å². The summed E-state index contributed by atoms with van der Waals surface area (Å²) in [5.41, 5.74) is 2.33. The van der Waals surface area contributed by atoms with Crippen molar-refractivity contribution in [1.82, 2.24) is 4.83 Å². The molecule has 0 unspecified atom stereocenters. The fourth-order valence-electron chi connectivity index (χ4n) is 1.91. The Morgan fingerprint density at radius 3 is 2.41 bits per heavy atom. The highest BCUT2D eigenvalue weighted by molar-refractivity contribution is 7.89. The number of hydrazone groups is 1. The van der Waals surface area contributed by atoms with Gasteiger partial charge in [-0.2, -0.15) is 13.5 Å². The summed E-state index contributed by atoms with van der Waals surface area (Å²) in [6.07, 6.45) is 1.45. The van der Waals surface area contributed by atoms with Gasteiger partial charge in [0, 0.05) is 0 Å². The molecule has 0 heterocycles. The van der Waals surface area contributed by atoms with Crippen LogP contribution in [0.3, 0.4) is 0 Å². The van der Waals surface area contributed by atoms with Crippen LogP contribution in [0.1, 0.15) is 16.7 Å². The number of nitrogens with zero attached hydrogens (tertiary/aromatic N) is 1. The first kappa shape index (κ1) is 16.0. The van der Waals surface area contributed by atoms with E-state index in [2.05, 4.69) is 9.93 Å². The van der Waals surface area contributed by atoms with Crippen molar-refractivity contribution in [3.05, 3.63) is 59.2 Å². The Kier molecular flexibility index (Phi) is 4.82. The predicted molar refractivity (Wildman–Crippen MR) is 86.8 cm³/mol. The molecule has 0 atom stereocenters. The van der Waals surface area contributed by atoms with Gasteiger partial charge < -0.3 is 4.74 Å². The topological polar surface area (TPSA) is 67.8 Å². The van der Waals surface area contributed by atoms with E-state index in [9.17, 15) is 8.42 Å². The van der Waals surface area contributed by atoms with Crippen molar-refractivity contribution in [3.63, 3.8) is 0 Å². The summed E-state index contributed by atoms with van der Waals surface area (Å²) in [6.45, 7) is 3.60. The second kappa shape index (κ2) is 6.62. The highest BCUT2D eigenvalue weighted by Crippen LogP contribution is 2.16. The van der Waals surface area contributed by atoms with Crippen molar-refractivity contribution in [3.8, 4) is 5.75 Å². The SMILES string of the molecule is COc1ccc(/C=N/NS(=O)(=O)c2cc(C)ccc2C)cc1. The monoisotopic (exact) mass is 318 g/mol. The minimum Gasteiger partial charge on any atom is -0.497 e. The van der Waals surface area contributed by atoms with Crippen molar-refractivity contribution in [2.75, 3.05) is 7.11 Å². The average molecular weight is 318 g/mol. The zero-order chi connectivity index (χ0) is 16.2. The van der Waals surface area contributed by atoms with Crippen LogP contribution in [-0.4, -0.2) is 21.7 Å². The number of benzene rings is 2.